The van der Waals surface area contributed by atoms with Gasteiger partial charge in [-0.1, -0.05) is 0 Å². The lowest BCUT2D eigenvalue weighted by Gasteiger charge is -2.16. The molecule has 0 aromatic heterocycles. The summed E-state index contributed by atoms with van der Waals surface area (Å²) in [5, 5.41) is 8.91. The minimum absolute atomic E-state index is 0.0122. The average molecular weight is 339 g/mol. The van der Waals surface area contributed by atoms with E-state index in [1.165, 1.54) is 6.92 Å². The first kappa shape index (κ1) is 18.2. The highest BCUT2D eigenvalue weighted by molar-refractivity contribution is 8.00. The fraction of sp³-hybridized carbons (Fsp3) is 0.385. The summed E-state index contributed by atoms with van der Waals surface area (Å²) in [5.41, 5.74) is -6.45. The van der Waals surface area contributed by atoms with Crippen molar-refractivity contribution in [2.45, 2.75) is 30.2 Å². The van der Waals surface area contributed by atoms with Crippen molar-refractivity contribution in [3.8, 4) is 6.07 Å². The van der Waals surface area contributed by atoms with Gasteiger partial charge in [-0.15, -0.1) is 0 Å². The smallest absolute Gasteiger partial charge is 0.446 e. The fourth-order valence-corrected chi connectivity index (χ4v) is 2.46. The lowest BCUT2D eigenvalue weighted by Crippen LogP contribution is -2.12. The second-order valence-electron chi connectivity index (χ2n) is 3.95. The maximum absolute atomic E-state index is 13.2. The average Bonchev–Trinajstić information content (AvgIpc) is 2.37. The van der Waals surface area contributed by atoms with Crippen molar-refractivity contribution in [3.05, 3.63) is 28.8 Å². The molecule has 0 aliphatic rings. The van der Waals surface area contributed by atoms with Gasteiger partial charge in [-0.3, -0.25) is 4.79 Å². The summed E-state index contributed by atoms with van der Waals surface area (Å²) >= 11 is -0.712. The van der Waals surface area contributed by atoms with Gasteiger partial charge in [0.1, 0.15) is 0 Å². The van der Waals surface area contributed by atoms with E-state index in [1.54, 1.807) is 6.07 Å². The third-order valence-corrected chi connectivity index (χ3v) is 3.32. The van der Waals surface area contributed by atoms with Gasteiger partial charge in [0.15, 0.2) is 0 Å². The number of hydrogen-bond donors (Lipinski definition) is 0. The molecule has 0 unspecified atom stereocenters. The number of carbonyl (C=O) groups excluding carboxylic acids is 1. The topological polar surface area (TPSA) is 50.1 Å². The zero-order valence-corrected chi connectivity index (χ0v) is 12.0. The molecular weight excluding hydrogens is 329 g/mol. The van der Waals surface area contributed by atoms with E-state index in [9.17, 15) is 26.7 Å². The SMILES string of the molecule is CCOC(=O)Cc1c(C#N)ccc(SC(F)(F)F)c1C(F)F. The Hall–Kier alpha value is -1.82. The zero-order valence-electron chi connectivity index (χ0n) is 11.2. The van der Waals surface area contributed by atoms with Gasteiger partial charge in [0, 0.05) is 10.5 Å². The number of nitriles is 1. The van der Waals surface area contributed by atoms with E-state index in [4.69, 9.17) is 5.26 Å². The van der Waals surface area contributed by atoms with Crippen LogP contribution in [0.1, 0.15) is 30.0 Å². The third-order valence-electron chi connectivity index (χ3n) is 2.51. The molecule has 120 valence electrons. The molecule has 22 heavy (non-hydrogen) atoms. The summed E-state index contributed by atoms with van der Waals surface area (Å²) in [6, 6.07) is 3.38. The summed E-state index contributed by atoms with van der Waals surface area (Å²) in [6.45, 7) is 1.48. The summed E-state index contributed by atoms with van der Waals surface area (Å²) < 4.78 is 68.3. The Kier molecular flexibility index (Phi) is 6.17. The van der Waals surface area contributed by atoms with Gasteiger partial charge in [-0.05, 0) is 36.4 Å². The van der Waals surface area contributed by atoms with E-state index in [1.807, 2.05) is 0 Å². The van der Waals surface area contributed by atoms with E-state index in [0.717, 1.165) is 12.1 Å². The van der Waals surface area contributed by atoms with Crippen LogP contribution in [-0.2, 0) is 16.0 Å². The van der Waals surface area contributed by atoms with Crippen LogP contribution in [0, 0.1) is 11.3 Å². The van der Waals surface area contributed by atoms with E-state index in [2.05, 4.69) is 4.74 Å². The van der Waals surface area contributed by atoms with Crippen LogP contribution in [0.25, 0.3) is 0 Å². The van der Waals surface area contributed by atoms with Gasteiger partial charge < -0.3 is 4.74 Å². The van der Waals surface area contributed by atoms with E-state index >= 15 is 0 Å². The molecule has 9 heteroatoms. The Morgan fingerprint density at radius 3 is 2.50 bits per heavy atom. The normalized spacial score (nSPS) is 11.4. The number of ether oxygens (including phenoxy) is 1. The first-order chi connectivity index (χ1) is 10.2. The highest BCUT2D eigenvalue weighted by atomic mass is 32.2. The number of hydrogen-bond acceptors (Lipinski definition) is 4. The monoisotopic (exact) mass is 339 g/mol. The van der Waals surface area contributed by atoms with Gasteiger partial charge in [0.25, 0.3) is 6.43 Å². The number of benzene rings is 1. The lowest BCUT2D eigenvalue weighted by atomic mass is 9.99. The van der Waals surface area contributed by atoms with Crippen LogP contribution in [0.4, 0.5) is 22.0 Å². The van der Waals surface area contributed by atoms with Gasteiger partial charge in [-0.2, -0.15) is 18.4 Å². The van der Waals surface area contributed by atoms with E-state index < -0.39 is 52.1 Å². The van der Waals surface area contributed by atoms with Crippen molar-refractivity contribution in [1.29, 1.82) is 5.26 Å². The molecule has 0 spiro atoms. The van der Waals surface area contributed by atoms with Crippen LogP contribution in [-0.4, -0.2) is 18.1 Å². The molecule has 0 heterocycles. The third kappa shape index (κ3) is 4.87. The molecule has 1 aromatic carbocycles. The van der Waals surface area contributed by atoms with Crippen LogP contribution >= 0.6 is 11.8 Å². The van der Waals surface area contributed by atoms with Gasteiger partial charge in [0.05, 0.1) is 24.7 Å². The summed E-state index contributed by atoms with van der Waals surface area (Å²) in [4.78, 5) is 10.7. The van der Waals surface area contributed by atoms with Gasteiger partial charge in [0.2, 0.25) is 0 Å². The predicted octanol–water partition coefficient (Wildman–Crippen LogP) is 4.21. The number of alkyl halides is 5. The van der Waals surface area contributed by atoms with Gasteiger partial charge >= 0.3 is 11.5 Å². The molecule has 0 N–H and O–H groups in total. The lowest BCUT2D eigenvalue weighted by molar-refractivity contribution is -0.142. The Morgan fingerprint density at radius 1 is 1.41 bits per heavy atom. The second kappa shape index (κ2) is 7.45. The van der Waals surface area contributed by atoms with Crippen molar-refractivity contribution in [1.82, 2.24) is 0 Å². The second-order valence-corrected chi connectivity index (χ2v) is 5.05. The van der Waals surface area contributed by atoms with Gasteiger partial charge in [-0.25, -0.2) is 8.78 Å². The first-order valence-corrected chi connectivity index (χ1v) is 6.76. The number of rotatable bonds is 5. The summed E-state index contributed by atoms with van der Waals surface area (Å²) in [7, 11) is 0. The fourth-order valence-electron chi connectivity index (χ4n) is 1.75. The van der Waals surface area contributed by atoms with E-state index in [-0.39, 0.29) is 12.2 Å². The molecule has 0 amide bonds. The molecule has 0 aliphatic carbocycles. The molecule has 0 saturated carbocycles. The Morgan fingerprint density at radius 2 is 2.05 bits per heavy atom. The largest absolute Gasteiger partial charge is 0.466 e. The van der Waals surface area contributed by atoms with Crippen molar-refractivity contribution in [2.75, 3.05) is 6.61 Å². The summed E-state index contributed by atoms with van der Waals surface area (Å²) in [6.07, 6.45) is -3.95. The zero-order chi connectivity index (χ0) is 16.9. The van der Waals surface area contributed by atoms with Crippen molar-refractivity contribution >= 4 is 17.7 Å². The van der Waals surface area contributed by atoms with Crippen LogP contribution in [0.5, 0.6) is 0 Å². The standard InChI is InChI=1S/C13H10F5NO2S/c1-2-21-10(20)5-8-7(6-19)3-4-9(11(8)12(14)15)22-13(16,17)18/h3-4,12H,2,5H2,1H3. The number of carbonyl (C=O) groups is 1. The number of thioether (sulfide) groups is 1. The minimum atomic E-state index is -4.76. The van der Waals surface area contributed by atoms with Crippen molar-refractivity contribution < 1.29 is 31.5 Å². The molecule has 0 radical (unpaired) electrons. The minimum Gasteiger partial charge on any atom is -0.466 e. The number of esters is 1. The molecule has 0 atom stereocenters. The quantitative estimate of drug-likeness (QED) is 0.458. The number of halogens is 5. The number of nitrogens with zero attached hydrogens (tertiary/aromatic N) is 1. The predicted molar refractivity (Wildman–Crippen MR) is 68.4 cm³/mol. The van der Waals surface area contributed by atoms with Crippen LogP contribution in [0.3, 0.4) is 0 Å². The molecular formula is C13H10F5NO2S. The molecule has 1 rings (SSSR count). The molecule has 1 aromatic rings. The highest BCUT2D eigenvalue weighted by Crippen LogP contribution is 2.43. The molecule has 0 aliphatic heterocycles. The summed E-state index contributed by atoms with van der Waals surface area (Å²) in [5.74, 6) is -0.893. The maximum Gasteiger partial charge on any atom is 0.446 e. The molecule has 3 nitrogen and oxygen atoms in total. The van der Waals surface area contributed by atoms with E-state index in [0.29, 0.717) is 0 Å². The maximum atomic E-state index is 13.2. The first-order valence-electron chi connectivity index (χ1n) is 5.95. The molecule has 0 saturated heterocycles. The molecule has 0 fully saturated rings. The Labute approximate surface area is 127 Å². The Bertz CT molecular complexity index is 595. The highest BCUT2D eigenvalue weighted by Gasteiger charge is 2.33. The Balaban J connectivity index is 3.39. The van der Waals surface area contributed by atoms with Crippen LogP contribution in [0.15, 0.2) is 17.0 Å². The van der Waals surface area contributed by atoms with Crippen LogP contribution < -0.4 is 0 Å². The molecule has 0 bridgehead atoms. The van der Waals surface area contributed by atoms with Crippen molar-refractivity contribution in [3.63, 3.8) is 0 Å². The van der Waals surface area contributed by atoms with Crippen molar-refractivity contribution in [2.24, 2.45) is 0 Å². The van der Waals surface area contributed by atoms with Crippen LogP contribution in [0.2, 0.25) is 0 Å².